The molecule has 0 radical (unpaired) electrons. The van der Waals surface area contributed by atoms with Crippen LogP contribution in [0.15, 0.2) is 27.6 Å². The summed E-state index contributed by atoms with van der Waals surface area (Å²) in [5, 5.41) is 2.09. The van der Waals surface area contributed by atoms with E-state index in [0.29, 0.717) is 4.47 Å². The number of anilines is 1. The quantitative estimate of drug-likeness (QED) is 0.521. The summed E-state index contributed by atoms with van der Waals surface area (Å²) < 4.78 is 27.1. The summed E-state index contributed by atoms with van der Waals surface area (Å²) in [7, 11) is -3.91. The van der Waals surface area contributed by atoms with Crippen LogP contribution in [-0.2, 0) is 19.6 Å². The Kier molecular flexibility index (Phi) is 4.11. The summed E-state index contributed by atoms with van der Waals surface area (Å²) in [6.45, 7) is 0. The molecular formula is C11H12BrN3O4S. The molecule has 1 atom stereocenters. The number of halogens is 1. The molecule has 1 aromatic carbocycles. The van der Waals surface area contributed by atoms with Crippen LogP contribution in [0.5, 0.6) is 0 Å². The third kappa shape index (κ3) is 3.17. The lowest BCUT2D eigenvalue weighted by molar-refractivity contribution is -0.134. The van der Waals surface area contributed by atoms with Crippen molar-refractivity contribution in [1.29, 1.82) is 0 Å². The molecule has 1 aromatic rings. The van der Waals surface area contributed by atoms with Crippen molar-refractivity contribution in [2.75, 3.05) is 5.73 Å². The maximum atomic E-state index is 12.2. The van der Waals surface area contributed by atoms with Gasteiger partial charge in [0, 0.05) is 16.6 Å². The molecule has 0 aromatic heterocycles. The van der Waals surface area contributed by atoms with Gasteiger partial charge >= 0.3 is 0 Å². The number of nitrogens with one attached hydrogen (secondary N) is 2. The van der Waals surface area contributed by atoms with Crippen LogP contribution in [-0.4, -0.2) is 26.3 Å². The van der Waals surface area contributed by atoms with E-state index in [1.807, 2.05) is 0 Å². The molecule has 2 rings (SSSR count). The lowest BCUT2D eigenvalue weighted by Crippen LogP contribution is -2.52. The molecule has 1 fully saturated rings. The molecule has 0 aliphatic carbocycles. The number of carbonyl (C=O) groups excluding carboxylic acids is 2. The van der Waals surface area contributed by atoms with Gasteiger partial charge in [0.2, 0.25) is 21.8 Å². The van der Waals surface area contributed by atoms with Crippen molar-refractivity contribution in [3.63, 3.8) is 0 Å². The Balaban J connectivity index is 2.25. The largest absolute Gasteiger partial charge is 0.399 e. The molecule has 108 valence electrons. The van der Waals surface area contributed by atoms with E-state index in [-0.39, 0.29) is 23.4 Å². The number of carbonyl (C=O) groups is 2. The third-order valence-corrected chi connectivity index (χ3v) is 5.25. The summed E-state index contributed by atoms with van der Waals surface area (Å²) in [6, 6.07) is 3.38. The van der Waals surface area contributed by atoms with E-state index in [9.17, 15) is 18.0 Å². The molecular weight excluding hydrogens is 350 g/mol. The maximum absolute atomic E-state index is 12.2. The second kappa shape index (κ2) is 5.51. The van der Waals surface area contributed by atoms with Gasteiger partial charge in [-0.3, -0.25) is 14.9 Å². The van der Waals surface area contributed by atoms with E-state index in [2.05, 4.69) is 26.0 Å². The maximum Gasteiger partial charge on any atom is 0.244 e. The highest BCUT2D eigenvalue weighted by Crippen LogP contribution is 2.24. The topological polar surface area (TPSA) is 118 Å². The van der Waals surface area contributed by atoms with Gasteiger partial charge in [-0.1, -0.05) is 0 Å². The molecule has 1 aliphatic rings. The molecule has 1 unspecified atom stereocenters. The first kappa shape index (κ1) is 14.9. The zero-order valence-corrected chi connectivity index (χ0v) is 12.6. The Morgan fingerprint density at radius 1 is 1.35 bits per heavy atom. The highest BCUT2D eigenvalue weighted by atomic mass is 79.9. The number of amides is 2. The number of rotatable bonds is 3. The van der Waals surface area contributed by atoms with Crippen LogP contribution >= 0.6 is 15.9 Å². The number of imide groups is 1. The van der Waals surface area contributed by atoms with Crippen molar-refractivity contribution >= 4 is 43.5 Å². The van der Waals surface area contributed by atoms with Crippen LogP contribution in [0.1, 0.15) is 12.8 Å². The molecule has 1 aliphatic heterocycles. The Labute approximate surface area is 124 Å². The zero-order valence-electron chi connectivity index (χ0n) is 10.2. The summed E-state index contributed by atoms with van der Waals surface area (Å²) >= 11 is 3.13. The lowest BCUT2D eigenvalue weighted by Gasteiger charge is -2.22. The Morgan fingerprint density at radius 3 is 2.70 bits per heavy atom. The Bertz CT molecular complexity index is 674. The fraction of sp³-hybridized carbons (Fsp3) is 0.273. The molecule has 7 nitrogen and oxygen atoms in total. The van der Waals surface area contributed by atoms with Crippen LogP contribution in [0.25, 0.3) is 0 Å². The first-order valence-corrected chi connectivity index (χ1v) is 7.98. The van der Waals surface area contributed by atoms with E-state index < -0.39 is 27.9 Å². The number of piperidine rings is 1. The van der Waals surface area contributed by atoms with Gasteiger partial charge in [-0.15, -0.1) is 0 Å². The van der Waals surface area contributed by atoms with Crippen LogP contribution in [0.4, 0.5) is 5.69 Å². The van der Waals surface area contributed by atoms with E-state index >= 15 is 0 Å². The van der Waals surface area contributed by atoms with E-state index in [1.54, 1.807) is 6.07 Å². The predicted octanol–water partition coefficient (Wildman–Crippen LogP) is 0.115. The summed E-state index contributed by atoms with van der Waals surface area (Å²) in [5.41, 5.74) is 5.85. The zero-order chi connectivity index (χ0) is 14.9. The van der Waals surface area contributed by atoms with Gasteiger partial charge in [-0.2, -0.15) is 4.72 Å². The van der Waals surface area contributed by atoms with Crippen molar-refractivity contribution in [2.45, 2.75) is 23.8 Å². The van der Waals surface area contributed by atoms with Crippen molar-refractivity contribution in [1.82, 2.24) is 10.0 Å². The van der Waals surface area contributed by atoms with Crippen LogP contribution in [0.2, 0.25) is 0 Å². The number of benzene rings is 1. The Morgan fingerprint density at radius 2 is 2.05 bits per heavy atom. The van der Waals surface area contributed by atoms with Crippen LogP contribution in [0.3, 0.4) is 0 Å². The number of sulfonamides is 1. The number of hydrogen-bond acceptors (Lipinski definition) is 5. The molecule has 0 saturated carbocycles. The van der Waals surface area contributed by atoms with Crippen LogP contribution < -0.4 is 15.8 Å². The molecule has 4 N–H and O–H groups in total. The number of hydrogen-bond donors (Lipinski definition) is 3. The summed E-state index contributed by atoms with van der Waals surface area (Å²) in [4.78, 5) is 22.5. The van der Waals surface area contributed by atoms with Gasteiger partial charge in [0.25, 0.3) is 0 Å². The van der Waals surface area contributed by atoms with E-state index in [0.717, 1.165) is 0 Å². The molecule has 0 bridgehead atoms. The molecule has 1 saturated heterocycles. The standard InChI is InChI=1S/C11H12BrN3O4S/c12-7-2-1-6(13)5-9(7)20(18,19)15-8-3-4-10(16)14-11(8)17/h1-2,5,8,15H,3-4,13H2,(H,14,16,17). The highest BCUT2D eigenvalue weighted by Gasteiger charge is 2.31. The van der Waals surface area contributed by atoms with Gasteiger partial charge < -0.3 is 5.73 Å². The second-order valence-corrected chi connectivity index (χ2v) is 6.85. The minimum atomic E-state index is -3.91. The average Bonchev–Trinajstić information content (AvgIpc) is 2.35. The smallest absolute Gasteiger partial charge is 0.244 e. The molecule has 2 amide bonds. The third-order valence-electron chi connectivity index (χ3n) is 2.78. The van der Waals surface area contributed by atoms with Crippen molar-refractivity contribution in [3.8, 4) is 0 Å². The van der Waals surface area contributed by atoms with Crippen molar-refractivity contribution < 1.29 is 18.0 Å². The highest BCUT2D eigenvalue weighted by molar-refractivity contribution is 9.10. The number of nitrogen functional groups attached to an aromatic ring is 1. The molecule has 1 heterocycles. The van der Waals surface area contributed by atoms with Crippen molar-refractivity contribution in [3.05, 3.63) is 22.7 Å². The molecule has 20 heavy (non-hydrogen) atoms. The molecule has 9 heteroatoms. The van der Waals surface area contributed by atoms with Gasteiger partial charge in [-0.05, 0) is 40.5 Å². The average molecular weight is 362 g/mol. The molecule has 0 spiro atoms. The minimum absolute atomic E-state index is 0.0535. The van der Waals surface area contributed by atoms with Crippen molar-refractivity contribution in [2.24, 2.45) is 0 Å². The normalized spacial score (nSPS) is 19.8. The van der Waals surface area contributed by atoms with Gasteiger partial charge in [0.15, 0.2) is 0 Å². The van der Waals surface area contributed by atoms with Gasteiger partial charge in [-0.25, -0.2) is 8.42 Å². The summed E-state index contributed by atoms with van der Waals surface area (Å²) in [6.07, 6.45) is 0.223. The first-order chi connectivity index (χ1) is 9.29. The first-order valence-electron chi connectivity index (χ1n) is 5.70. The SMILES string of the molecule is Nc1ccc(Br)c(S(=O)(=O)NC2CCC(=O)NC2=O)c1. The van der Waals surface area contributed by atoms with Crippen LogP contribution in [0, 0.1) is 0 Å². The predicted molar refractivity (Wildman–Crippen MR) is 75.0 cm³/mol. The van der Waals surface area contributed by atoms with E-state index in [1.165, 1.54) is 12.1 Å². The van der Waals surface area contributed by atoms with E-state index in [4.69, 9.17) is 5.73 Å². The Hall–Kier alpha value is -1.45. The van der Waals surface area contributed by atoms with Gasteiger partial charge in [0.05, 0.1) is 4.90 Å². The van der Waals surface area contributed by atoms with Gasteiger partial charge in [0.1, 0.15) is 6.04 Å². The second-order valence-electron chi connectivity index (χ2n) is 4.31. The summed E-state index contributed by atoms with van der Waals surface area (Å²) in [5.74, 6) is -1.06. The fourth-order valence-corrected chi connectivity index (χ4v) is 4.01. The fourth-order valence-electron chi connectivity index (χ4n) is 1.78. The minimum Gasteiger partial charge on any atom is -0.399 e. The lowest BCUT2D eigenvalue weighted by atomic mass is 10.1. The number of nitrogens with two attached hydrogens (primary N) is 1. The monoisotopic (exact) mass is 361 g/mol.